The van der Waals surface area contributed by atoms with Gasteiger partial charge in [0, 0.05) is 34.3 Å². The lowest BCUT2D eigenvalue weighted by atomic mass is 9.94. The summed E-state index contributed by atoms with van der Waals surface area (Å²) in [5, 5.41) is 1.38. The number of hydrogen-bond acceptors (Lipinski definition) is 2. The summed E-state index contributed by atoms with van der Waals surface area (Å²) >= 11 is 11.8. The first kappa shape index (κ1) is 17.0. The van der Waals surface area contributed by atoms with Crippen molar-refractivity contribution in [1.29, 1.82) is 0 Å². The molecule has 0 aromatic heterocycles. The number of carbonyl (C=O) groups excluding carboxylic acids is 1. The molecule has 0 radical (unpaired) electrons. The number of Topliss-reactive ketones (excluding diaryl/α,β-unsaturated/α-hetero) is 1. The maximum Gasteiger partial charge on any atom is 0.187 e. The van der Waals surface area contributed by atoms with Gasteiger partial charge < -0.3 is 0 Å². The van der Waals surface area contributed by atoms with E-state index < -0.39 is 0 Å². The molecule has 2 nitrogen and oxygen atoms in total. The van der Waals surface area contributed by atoms with E-state index in [4.69, 9.17) is 23.2 Å². The van der Waals surface area contributed by atoms with Crippen LogP contribution in [0.25, 0.3) is 12.2 Å². The Bertz CT molecular complexity index is 737. The summed E-state index contributed by atoms with van der Waals surface area (Å²) in [7, 11) is 2.01. The van der Waals surface area contributed by atoms with E-state index in [0.717, 1.165) is 22.3 Å². The average molecular weight is 358 g/mol. The van der Waals surface area contributed by atoms with Crippen molar-refractivity contribution in [2.45, 2.75) is 0 Å². The van der Waals surface area contributed by atoms with Crippen molar-refractivity contribution in [2.24, 2.45) is 0 Å². The number of rotatable bonds is 2. The van der Waals surface area contributed by atoms with Crippen molar-refractivity contribution in [2.75, 3.05) is 20.1 Å². The lowest BCUT2D eigenvalue weighted by Crippen LogP contribution is -2.34. The summed E-state index contributed by atoms with van der Waals surface area (Å²) in [4.78, 5) is 14.9. The molecular weight excluding hydrogens is 341 g/mol. The minimum absolute atomic E-state index is 0.0954. The monoisotopic (exact) mass is 357 g/mol. The summed E-state index contributed by atoms with van der Waals surface area (Å²) < 4.78 is 0. The third kappa shape index (κ3) is 4.15. The van der Waals surface area contributed by atoms with Gasteiger partial charge in [0.25, 0.3) is 0 Å². The minimum Gasteiger partial charge on any atom is -0.298 e. The smallest absolute Gasteiger partial charge is 0.187 e. The van der Waals surface area contributed by atoms with Crippen LogP contribution in [0, 0.1) is 0 Å². The second kappa shape index (κ2) is 7.35. The topological polar surface area (TPSA) is 20.3 Å². The van der Waals surface area contributed by atoms with Gasteiger partial charge in [-0.15, -0.1) is 0 Å². The zero-order valence-electron chi connectivity index (χ0n) is 13.3. The third-order valence-electron chi connectivity index (χ3n) is 3.89. The summed E-state index contributed by atoms with van der Waals surface area (Å²) in [6, 6.07) is 15.0. The fraction of sp³-hybridized carbons (Fsp3) is 0.150. The molecule has 0 saturated carbocycles. The zero-order chi connectivity index (χ0) is 17.1. The van der Waals surface area contributed by atoms with Gasteiger partial charge in [-0.25, -0.2) is 0 Å². The molecule has 1 heterocycles. The lowest BCUT2D eigenvalue weighted by molar-refractivity contribution is -0.113. The van der Waals surface area contributed by atoms with E-state index >= 15 is 0 Å². The number of benzene rings is 2. The number of carbonyl (C=O) groups is 1. The highest BCUT2D eigenvalue weighted by Crippen LogP contribution is 2.22. The van der Waals surface area contributed by atoms with E-state index in [1.807, 2.05) is 67.7 Å². The van der Waals surface area contributed by atoms with E-state index in [0.29, 0.717) is 23.1 Å². The molecule has 0 spiro atoms. The molecule has 0 unspecified atom stereocenters. The van der Waals surface area contributed by atoms with Gasteiger partial charge in [-0.1, -0.05) is 47.5 Å². The second-order valence-corrected chi connectivity index (χ2v) is 6.82. The summed E-state index contributed by atoms with van der Waals surface area (Å²) in [5.41, 5.74) is 3.52. The molecule has 1 fully saturated rings. The highest BCUT2D eigenvalue weighted by Gasteiger charge is 2.23. The number of halogens is 2. The number of hydrogen-bond donors (Lipinski definition) is 0. The molecule has 24 heavy (non-hydrogen) atoms. The van der Waals surface area contributed by atoms with Crippen LogP contribution >= 0.6 is 23.2 Å². The Labute approximate surface area is 152 Å². The molecule has 0 amide bonds. The molecule has 0 aliphatic carbocycles. The SMILES string of the molecule is CN1C/C(=C/c2ccc(Cl)cc2)C(=O)/C(=C/c2ccc(Cl)cc2)C1. The van der Waals surface area contributed by atoms with Crippen LogP contribution in [0.1, 0.15) is 11.1 Å². The van der Waals surface area contributed by atoms with Gasteiger partial charge >= 0.3 is 0 Å². The first-order valence-corrected chi connectivity index (χ1v) is 8.42. The molecule has 1 aliphatic rings. The van der Waals surface area contributed by atoms with Gasteiger partial charge in [-0.2, -0.15) is 0 Å². The van der Waals surface area contributed by atoms with Crippen molar-refractivity contribution in [3.8, 4) is 0 Å². The molecule has 1 saturated heterocycles. The normalized spacial score (nSPS) is 19.2. The van der Waals surface area contributed by atoms with Gasteiger partial charge in [0.1, 0.15) is 0 Å². The second-order valence-electron chi connectivity index (χ2n) is 5.94. The van der Waals surface area contributed by atoms with Crippen LogP contribution in [0.5, 0.6) is 0 Å². The molecule has 2 aromatic carbocycles. The van der Waals surface area contributed by atoms with E-state index in [-0.39, 0.29) is 5.78 Å². The summed E-state index contributed by atoms with van der Waals surface area (Å²) in [6.45, 7) is 1.28. The first-order valence-electron chi connectivity index (χ1n) is 7.67. The lowest BCUT2D eigenvalue weighted by Gasteiger charge is -2.26. The van der Waals surface area contributed by atoms with E-state index in [1.165, 1.54) is 0 Å². The van der Waals surface area contributed by atoms with E-state index in [9.17, 15) is 4.79 Å². The predicted molar refractivity (Wildman–Crippen MR) is 101 cm³/mol. The fourth-order valence-corrected chi connectivity index (χ4v) is 2.98. The molecule has 3 rings (SSSR count). The predicted octanol–water partition coefficient (Wildman–Crippen LogP) is 4.97. The van der Waals surface area contributed by atoms with Crippen LogP contribution in [-0.2, 0) is 4.79 Å². The van der Waals surface area contributed by atoms with Crippen LogP contribution in [0.2, 0.25) is 10.0 Å². The van der Waals surface area contributed by atoms with Crippen LogP contribution in [0.4, 0.5) is 0 Å². The Morgan fingerprint density at radius 3 is 1.54 bits per heavy atom. The highest BCUT2D eigenvalue weighted by molar-refractivity contribution is 6.30. The van der Waals surface area contributed by atoms with Crippen molar-refractivity contribution >= 4 is 41.1 Å². The molecule has 0 N–H and O–H groups in total. The van der Waals surface area contributed by atoms with Crippen LogP contribution in [0.15, 0.2) is 59.7 Å². The van der Waals surface area contributed by atoms with E-state index in [2.05, 4.69) is 4.90 Å². The number of likely N-dealkylation sites (N-methyl/N-ethyl adjacent to an activating group) is 1. The quantitative estimate of drug-likeness (QED) is 0.706. The first-order chi connectivity index (χ1) is 11.5. The van der Waals surface area contributed by atoms with Crippen molar-refractivity contribution < 1.29 is 4.79 Å². The molecule has 1 aliphatic heterocycles. The van der Waals surface area contributed by atoms with Gasteiger partial charge in [0.15, 0.2) is 5.78 Å². The maximum atomic E-state index is 12.8. The summed E-state index contributed by atoms with van der Waals surface area (Å²) in [6.07, 6.45) is 3.87. The Morgan fingerprint density at radius 1 is 0.792 bits per heavy atom. The summed E-state index contributed by atoms with van der Waals surface area (Å²) in [5.74, 6) is 0.0954. The van der Waals surface area contributed by atoms with Crippen LogP contribution in [-0.4, -0.2) is 30.8 Å². The van der Waals surface area contributed by atoms with Gasteiger partial charge in [-0.3, -0.25) is 9.69 Å². The largest absolute Gasteiger partial charge is 0.298 e. The van der Waals surface area contributed by atoms with E-state index in [1.54, 1.807) is 0 Å². The van der Waals surface area contributed by atoms with Crippen molar-refractivity contribution in [1.82, 2.24) is 4.90 Å². The average Bonchev–Trinajstić information content (AvgIpc) is 2.56. The molecule has 2 aromatic rings. The molecule has 122 valence electrons. The fourth-order valence-electron chi connectivity index (χ4n) is 2.73. The number of likely N-dealkylation sites (tertiary alicyclic amines) is 1. The third-order valence-corrected chi connectivity index (χ3v) is 4.39. The number of ketones is 1. The Balaban J connectivity index is 1.90. The Hall–Kier alpha value is -1.87. The van der Waals surface area contributed by atoms with Crippen molar-refractivity contribution in [3.63, 3.8) is 0 Å². The Kier molecular flexibility index (Phi) is 5.20. The van der Waals surface area contributed by atoms with Gasteiger partial charge in [0.2, 0.25) is 0 Å². The maximum absolute atomic E-state index is 12.8. The highest BCUT2D eigenvalue weighted by atomic mass is 35.5. The van der Waals surface area contributed by atoms with Crippen molar-refractivity contribution in [3.05, 3.63) is 80.8 Å². The standard InChI is InChI=1S/C20H17Cl2NO/c1-23-12-16(10-14-2-6-18(21)7-3-14)20(24)17(13-23)11-15-4-8-19(22)9-5-15/h2-11H,12-13H2,1H3/b16-10-,17-11+. The Morgan fingerprint density at radius 2 is 1.17 bits per heavy atom. The molecule has 4 heteroatoms. The zero-order valence-corrected chi connectivity index (χ0v) is 14.8. The van der Waals surface area contributed by atoms with Gasteiger partial charge in [0.05, 0.1) is 0 Å². The van der Waals surface area contributed by atoms with Crippen LogP contribution < -0.4 is 0 Å². The molecular formula is C20H17Cl2NO. The molecule has 0 bridgehead atoms. The van der Waals surface area contributed by atoms with Gasteiger partial charge in [-0.05, 0) is 54.6 Å². The number of piperidine rings is 1. The van der Waals surface area contributed by atoms with Crippen LogP contribution in [0.3, 0.4) is 0 Å². The number of nitrogens with zero attached hydrogens (tertiary/aromatic N) is 1. The molecule has 0 atom stereocenters. The minimum atomic E-state index is 0.0954.